The van der Waals surface area contributed by atoms with Gasteiger partial charge in [0.15, 0.2) is 0 Å². The minimum Gasteiger partial charge on any atom is -0.375 e. The van der Waals surface area contributed by atoms with Crippen LogP contribution in [0.3, 0.4) is 0 Å². The molecule has 0 spiro atoms. The summed E-state index contributed by atoms with van der Waals surface area (Å²) in [5.41, 5.74) is 2.10. The molecule has 2 atom stereocenters. The lowest BCUT2D eigenvalue weighted by Gasteiger charge is -2.32. The van der Waals surface area contributed by atoms with Crippen molar-refractivity contribution in [3.05, 3.63) is 15.9 Å². The largest absolute Gasteiger partial charge is 0.375 e. The van der Waals surface area contributed by atoms with E-state index in [1.54, 1.807) is 0 Å². The lowest BCUT2D eigenvalue weighted by atomic mass is 10.0. The van der Waals surface area contributed by atoms with Gasteiger partial charge in [-0.2, -0.15) is 5.10 Å². The maximum atomic E-state index is 6.01. The van der Waals surface area contributed by atoms with Crippen molar-refractivity contribution in [3.8, 4) is 0 Å². The second-order valence-corrected chi connectivity index (χ2v) is 5.92. The average Bonchev–Trinajstić information content (AvgIpc) is 2.50. The van der Waals surface area contributed by atoms with Crippen LogP contribution in [0.2, 0.25) is 0 Å². The Labute approximate surface area is 117 Å². The molecule has 1 aliphatic heterocycles. The summed E-state index contributed by atoms with van der Waals surface area (Å²) < 4.78 is 14.7. The molecule has 0 N–H and O–H groups in total. The second-order valence-electron chi connectivity index (χ2n) is 5.13. The van der Waals surface area contributed by atoms with Crippen LogP contribution in [0.25, 0.3) is 0 Å². The van der Waals surface area contributed by atoms with Crippen molar-refractivity contribution >= 4 is 15.9 Å². The molecule has 0 aromatic carbocycles. The molecule has 18 heavy (non-hydrogen) atoms. The maximum Gasteiger partial charge on any atom is 0.0900 e. The molecule has 102 valence electrons. The Hall–Kier alpha value is -0.390. The summed E-state index contributed by atoms with van der Waals surface area (Å²) in [7, 11) is 1.95. The first-order chi connectivity index (χ1) is 8.47. The van der Waals surface area contributed by atoms with E-state index in [0.29, 0.717) is 6.61 Å². The van der Waals surface area contributed by atoms with Crippen molar-refractivity contribution in [1.29, 1.82) is 0 Å². The van der Waals surface area contributed by atoms with Crippen LogP contribution in [0.1, 0.15) is 38.1 Å². The second kappa shape index (κ2) is 5.72. The molecular formula is C13H21BrN2O2. The molecule has 1 fully saturated rings. The number of rotatable bonds is 3. The van der Waals surface area contributed by atoms with Gasteiger partial charge in [-0.1, -0.05) is 0 Å². The number of ether oxygens (including phenoxy) is 2. The summed E-state index contributed by atoms with van der Waals surface area (Å²) >= 11 is 3.56. The Balaban J connectivity index is 1.95. The molecule has 0 aliphatic carbocycles. The van der Waals surface area contributed by atoms with Crippen LogP contribution in [0, 0.1) is 6.92 Å². The Bertz CT molecular complexity index is 409. The van der Waals surface area contributed by atoms with Crippen molar-refractivity contribution in [2.45, 2.75) is 58.5 Å². The zero-order valence-corrected chi connectivity index (χ0v) is 13.0. The molecule has 4 nitrogen and oxygen atoms in total. The van der Waals surface area contributed by atoms with E-state index in [1.807, 2.05) is 18.7 Å². The topological polar surface area (TPSA) is 36.3 Å². The molecule has 0 radical (unpaired) electrons. The third-order valence-corrected chi connectivity index (χ3v) is 4.40. The molecule has 1 aliphatic rings. The van der Waals surface area contributed by atoms with Crippen LogP contribution in [-0.2, 0) is 23.1 Å². The molecule has 2 rings (SSSR count). The Morgan fingerprint density at radius 3 is 2.50 bits per heavy atom. The summed E-state index contributed by atoms with van der Waals surface area (Å²) in [4.78, 5) is 0. The van der Waals surface area contributed by atoms with Gasteiger partial charge in [-0.15, -0.1) is 0 Å². The van der Waals surface area contributed by atoms with Crippen molar-refractivity contribution in [2.75, 3.05) is 0 Å². The normalized spacial score (nSPS) is 28.6. The molecule has 0 bridgehead atoms. The minimum absolute atomic E-state index is 0.283. The molecule has 2 unspecified atom stereocenters. The van der Waals surface area contributed by atoms with E-state index >= 15 is 0 Å². The Kier molecular flexibility index (Phi) is 4.45. The van der Waals surface area contributed by atoms with E-state index in [0.717, 1.165) is 28.7 Å². The summed E-state index contributed by atoms with van der Waals surface area (Å²) in [6, 6.07) is 0. The molecule has 1 aromatic rings. The van der Waals surface area contributed by atoms with Gasteiger partial charge in [-0.05, 0) is 49.5 Å². The highest BCUT2D eigenvalue weighted by atomic mass is 79.9. The van der Waals surface area contributed by atoms with Gasteiger partial charge in [0.05, 0.1) is 40.8 Å². The van der Waals surface area contributed by atoms with E-state index in [1.165, 1.54) is 0 Å². The maximum absolute atomic E-state index is 6.01. The highest BCUT2D eigenvalue weighted by Gasteiger charge is 2.25. The van der Waals surface area contributed by atoms with Crippen molar-refractivity contribution in [3.63, 3.8) is 0 Å². The van der Waals surface area contributed by atoms with E-state index in [4.69, 9.17) is 9.47 Å². The quantitative estimate of drug-likeness (QED) is 0.860. The molecule has 1 aromatic heterocycles. The standard InChI is InChI=1S/C13H21BrN2O2/c1-8-5-11(6-9(2)18-8)17-7-12-13(14)10(3)15-16(12)4/h8-9,11H,5-7H2,1-4H3. The van der Waals surface area contributed by atoms with Crippen molar-refractivity contribution in [2.24, 2.45) is 7.05 Å². The van der Waals surface area contributed by atoms with Gasteiger partial charge in [0.25, 0.3) is 0 Å². The lowest BCUT2D eigenvalue weighted by molar-refractivity contribution is -0.106. The average molecular weight is 317 g/mol. The van der Waals surface area contributed by atoms with Gasteiger partial charge in [0.2, 0.25) is 0 Å². The van der Waals surface area contributed by atoms with Gasteiger partial charge in [0.1, 0.15) is 0 Å². The molecule has 0 saturated carbocycles. The zero-order chi connectivity index (χ0) is 13.3. The predicted octanol–water partition coefficient (Wildman–Crippen LogP) is 2.96. The number of hydrogen-bond donors (Lipinski definition) is 0. The zero-order valence-electron chi connectivity index (χ0n) is 11.4. The van der Waals surface area contributed by atoms with Gasteiger partial charge >= 0.3 is 0 Å². The highest BCUT2D eigenvalue weighted by molar-refractivity contribution is 9.10. The lowest BCUT2D eigenvalue weighted by Crippen LogP contribution is -2.34. The monoisotopic (exact) mass is 316 g/mol. The molecule has 5 heteroatoms. The van der Waals surface area contributed by atoms with Crippen LogP contribution in [-0.4, -0.2) is 28.1 Å². The fraction of sp³-hybridized carbons (Fsp3) is 0.769. The number of halogens is 1. The Morgan fingerprint density at radius 1 is 1.39 bits per heavy atom. The minimum atomic E-state index is 0.283. The van der Waals surface area contributed by atoms with Gasteiger partial charge in [0, 0.05) is 7.05 Å². The predicted molar refractivity (Wildman–Crippen MR) is 73.5 cm³/mol. The summed E-state index contributed by atoms with van der Waals surface area (Å²) in [5.74, 6) is 0. The molecule has 2 heterocycles. The molecular weight excluding hydrogens is 296 g/mol. The number of aryl methyl sites for hydroxylation is 2. The van der Waals surface area contributed by atoms with E-state index in [9.17, 15) is 0 Å². The number of nitrogens with zero attached hydrogens (tertiary/aromatic N) is 2. The smallest absolute Gasteiger partial charge is 0.0900 e. The van der Waals surface area contributed by atoms with Crippen LogP contribution in [0.4, 0.5) is 0 Å². The fourth-order valence-corrected chi connectivity index (χ4v) is 2.96. The van der Waals surface area contributed by atoms with Gasteiger partial charge in [-0.3, -0.25) is 4.68 Å². The number of hydrogen-bond acceptors (Lipinski definition) is 3. The first-order valence-corrected chi connectivity index (χ1v) is 7.21. The van der Waals surface area contributed by atoms with Gasteiger partial charge < -0.3 is 9.47 Å². The summed E-state index contributed by atoms with van der Waals surface area (Å²) in [5, 5.41) is 4.37. The SMILES string of the molecule is Cc1nn(C)c(COC2CC(C)OC(C)C2)c1Br. The van der Waals surface area contributed by atoms with Crippen LogP contribution < -0.4 is 0 Å². The first-order valence-electron chi connectivity index (χ1n) is 6.42. The third kappa shape index (κ3) is 3.13. The van der Waals surface area contributed by atoms with Crippen LogP contribution in [0.5, 0.6) is 0 Å². The third-order valence-electron chi connectivity index (χ3n) is 3.37. The van der Waals surface area contributed by atoms with Crippen molar-refractivity contribution < 1.29 is 9.47 Å². The summed E-state index contributed by atoms with van der Waals surface area (Å²) in [6.45, 7) is 6.81. The van der Waals surface area contributed by atoms with Crippen LogP contribution in [0.15, 0.2) is 4.47 Å². The molecule has 1 saturated heterocycles. The van der Waals surface area contributed by atoms with E-state index in [-0.39, 0.29) is 18.3 Å². The van der Waals surface area contributed by atoms with E-state index in [2.05, 4.69) is 34.9 Å². The van der Waals surface area contributed by atoms with Gasteiger partial charge in [-0.25, -0.2) is 0 Å². The van der Waals surface area contributed by atoms with Crippen molar-refractivity contribution in [1.82, 2.24) is 9.78 Å². The fourth-order valence-electron chi connectivity index (χ4n) is 2.51. The number of aromatic nitrogens is 2. The van der Waals surface area contributed by atoms with E-state index < -0.39 is 0 Å². The van der Waals surface area contributed by atoms with Crippen LogP contribution >= 0.6 is 15.9 Å². The molecule has 0 amide bonds. The first kappa shape index (κ1) is 14.0. The summed E-state index contributed by atoms with van der Waals surface area (Å²) in [6.07, 6.45) is 2.80. The highest BCUT2D eigenvalue weighted by Crippen LogP contribution is 2.25. The Morgan fingerprint density at radius 2 is 2.00 bits per heavy atom.